The number of allylic oxidation sites excluding steroid dienone is 1. The van der Waals surface area contributed by atoms with Crippen molar-refractivity contribution in [2.45, 2.75) is 39.5 Å². The summed E-state index contributed by atoms with van der Waals surface area (Å²) in [5.74, 6) is -0.805. The number of aryl methyl sites for hydroxylation is 2. The van der Waals surface area contributed by atoms with Gasteiger partial charge < -0.3 is 5.11 Å². The van der Waals surface area contributed by atoms with E-state index in [-0.39, 0.29) is 0 Å². The molecule has 1 rings (SSSR count). The van der Waals surface area contributed by atoms with Gasteiger partial charge in [0.25, 0.3) is 0 Å². The minimum atomic E-state index is -0.805. The first-order chi connectivity index (χ1) is 8.19. The molecule has 0 aliphatic rings. The molecule has 2 nitrogen and oxygen atoms in total. The maximum Gasteiger partial charge on any atom is 0.331 e. The molecule has 0 aliphatic carbocycles. The van der Waals surface area contributed by atoms with Gasteiger partial charge in [-0.1, -0.05) is 43.7 Å². The third-order valence-electron chi connectivity index (χ3n) is 2.92. The van der Waals surface area contributed by atoms with E-state index in [9.17, 15) is 4.79 Å². The smallest absolute Gasteiger partial charge is 0.331 e. The van der Waals surface area contributed by atoms with E-state index in [0.717, 1.165) is 19.3 Å². The van der Waals surface area contributed by atoms with Crippen LogP contribution < -0.4 is 0 Å². The van der Waals surface area contributed by atoms with Crippen LogP contribution in [0.1, 0.15) is 37.8 Å². The second kappa shape index (κ2) is 6.89. The van der Waals surface area contributed by atoms with Crippen LogP contribution in [0.25, 0.3) is 0 Å². The summed E-state index contributed by atoms with van der Waals surface area (Å²) in [5, 5.41) is 8.96. The van der Waals surface area contributed by atoms with Crippen molar-refractivity contribution >= 4 is 5.97 Å². The first kappa shape index (κ1) is 13.5. The van der Waals surface area contributed by atoms with Crippen LogP contribution in [0.4, 0.5) is 0 Å². The van der Waals surface area contributed by atoms with Gasteiger partial charge in [-0.15, -0.1) is 0 Å². The third kappa shape index (κ3) is 4.06. The van der Waals surface area contributed by atoms with Crippen molar-refractivity contribution < 1.29 is 9.90 Å². The number of benzene rings is 1. The van der Waals surface area contributed by atoms with Gasteiger partial charge in [0.2, 0.25) is 0 Å². The van der Waals surface area contributed by atoms with Crippen LogP contribution in [-0.2, 0) is 17.6 Å². The van der Waals surface area contributed by atoms with Gasteiger partial charge in [-0.25, -0.2) is 4.79 Å². The zero-order chi connectivity index (χ0) is 12.7. The molecule has 92 valence electrons. The molecule has 0 radical (unpaired) electrons. The van der Waals surface area contributed by atoms with Crippen molar-refractivity contribution in [1.29, 1.82) is 0 Å². The van der Waals surface area contributed by atoms with E-state index >= 15 is 0 Å². The van der Waals surface area contributed by atoms with Gasteiger partial charge in [-0.05, 0) is 37.3 Å². The van der Waals surface area contributed by atoms with E-state index < -0.39 is 5.97 Å². The number of carboxylic acid groups (broad SMARTS) is 1. The molecule has 0 heterocycles. The quantitative estimate of drug-likeness (QED) is 0.761. The first-order valence-electron chi connectivity index (χ1n) is 6.14. The van der Waals surface area contributed by atoms with Crippen LogP contribution in [-0.4, -0.2) is 11.1 Å². The highest BCUT2D eigenvalue weighted by molar-refractivity contribution is 5.86. The second-order valence-corrected chi connectivity index (χ2v) is 4.14. The van der Waals surface area contributed by atoms with E-state index in [2.05, 4.69) is 19.1 Å². The Balaban J connectivity index is 2.71. The van der Waals surface area contributed by atoms with Gasteiger partial charge in [0.1, 0.15) is 0 Å². The number of hydrogen-bond donors (Lipinski definition) is 1. The lowest BCUT2D eigenvalue weighted by Gasteiger charge is -2.08. The summed E-state index contributed by atoms with van der Waals surface area (Å²) in [6, 6.07) is 8.29. The van der Waals surface area contributed by atoms with E-state index in [0.29, 0.717) is 12.0 Å². The molecule has 0 saturated carbocycles. The van der Waals surface area contributed by atoms with Crippen LogP contribution in [0.2, 0.25) is 0 Å². The number of aliphatic carboxylic acids is 1. The standard InChI is InChI=1S/C15H20O2/c1-3-7-13-8-5-6-9-14(13)11-10-12(4-2)15(16)17/h4-6,8-9H,3,7,10-11H2,1-2H3,(H,16,17)/b12-4+. The summed E-state index contributed by atoms with van der Waals surface area (Å²) in [5.41, 5.74) is 3.11. The molecule has 0 saturated heterocycles. The lowest BCUT2D eigenvalue weighted by Crippen LogP contribution is -2.03. The predicted molar refractivity (Wildman–Crippen MR) is 70.2 cm³/mol. The number of rotatable bonds is 6. The SMILES string of the molecule is C/C=C(\CCc1ccccc1CCC)C(=O)O. The van der Waals surface area contributed by atoms with Crippen LogP contribution >= 0.6 is 0 Å². The van der Waals surface area contributed by atoms with E-state index in [4.69, 9.17) is 5.11 Å². The summed E-state index contributed by atoms with van der Waals surface area (Å²) >= 11 is 0. The molecule has 2 heteroatoms. The van der Waals surface area contributed by atoms with Crippen molar-refractivity contribution in [1.82, 2.24) is 0 Å². The Bertz CT molecular complexity index is 405. The Labute approximate surface area is 103 Å². The highest BCUT2D eigenvalue weighted by Gasteiger charge is 2.07. The minimum absolute atomic E-state index is 0.497. The van der Waals surface area contributed by atoms with Crippen molar-refractivity contribution in [2.75, 3.05) is 0 Å². The van der Waals surface area contributed by atoms with Crippen LogP contribution in [0.5, 0.6) is 0 Å². The normalized spacial score (nSPS) is 11.5. The molecule has 0 spiro atoms. The summed E-state index contributed by atoms with van der Waals surface area (Å²) < 4.78 is 0. The van der Waals surface area contributed by atoms with Crippen LogP contribution in [0.15, 0.2) is 35.9 Å². The Kier molecular flexibility index (Phi) is 5.47. The van der Waals surface area contributed by atoms with Gasteiger partial charge in [0.05, 0.1) is 0 Å². The predicted octanol–water partition coefficient (Wildman–Crippen LogP) is 3.60. The molecule has 17 heavy (non-hydrogen) atoms. The largest absolute Gasteiger partial charge is 0.478 e. The van der Waals surface area contributed by atoms with Crippen molar-refractivity contribution in [3.8, 4) is 0 Å². The number of hydrogen-bond acceptors (Lipinski definition) is 1. The molecule has 0 aliphatic heterocycles. The lowest BCUT2D eigenvalue weighted by molar-refractivity contribution is -0.132. The van der Waals surface area contributed by atoms with Crippen LogP contribution in [0.3, 0.4) is 0 Å². The topological polar surface area (TPSA) is 37.3 Å². The highest BCUT2D eigenvalue weighted by Crippen LogP contribution is 2.15. The molecule has 0 unspecified atom stereocenters. The van der Waals surface area contributed by atoms with Gasteiger partial charge in [-0.2, -0.15) is 0 Å². The summed E-state index contributed by atoms with van der Waals surface area (Å²) in [7, 11) is 0. The Morgan fingerprint density at radius 1 is 1.24 bits per heavy atom. The number of carboxylic acids is 1. The van der Waals surface area contributed by atoms with Crippen molar-refractivity contribution in [3.63, 3.8) is 0 Å². The average molecular weight is 232 g/mol. The Morgan fingerprint density at radius 2 is 1.82 bits per heavy atom. The third-order valence-corrected chi connectivity index (χ3v) is 2.92. The monoisotopic (exact) mass is 232 g/mol. The summed E-state index contributed by atoms with van der Waals surface area (Å²) in [6.45, 7) is 3.94. The minimum Gasteiger partial charge on any atom is -0.478 e. The Morgan fingerprint density at radius 3 is 2.29 bits per heavy atom. The maximum atomic E-state index is 10.9. The molecule has 0 bridgehead atoms. The van der Waals surface area contributed by atoms with E-state index in [1.54, 1.807) is 13.0 Å². The number of carbonyl (C=O) groups is 1. The highest BCUT2D eigenvalue weighted by atomic mass is 16.4. The van der Waals surface area contributed by atoms with Gasteiger partial charge in [0.15, 0.2) is 0 Å². The van der Waals surface area contributed by atoms with Gasteiger partial charge in [0, 0.05) is 5.57 Å². The Hall–Kier alpha value is -1.57. The summed E-state index contributed by atoms with van der Waals surface area (Å²) in [4.78, 5) is 10.9. The fourth-order valence-electron chi connectivity index (χ4n) is 1.96. The second-order valence-electron chi connectivity index (χ2n) is 4.14. The fraction of sp³-hybridized carbons (Fsp3) is 0.400. The molecule has 1 aromatic carbocycles. The van der Waals surface area contributed by atoms with Gasteiger partial charge >= 0.3 is 5.97 Å². The zero-order valence-electron chi connectivity index (χ0n) is 10.6. The maximum absolute atomic E-state index is 10.9. The molecule has 0 aromatic heterocycles. The molecular formula is C15H20O2. The lowest BCUT2D eigenvalue weighted by atomic mass is 9.97. The van der Waals surface area contributed by atoms with E-state index in [1.165, 1.54) is 11.1 Å². The zero-order valence-corrected chi connectivity index (χ0v) is 10.6. The van der Waals surface area contributed by atoms with Crippen molar-refractivity contribution in [3.05, 3.63) is 47.0 Å². The molecular weight excluding hydrogens is 212 g/mol. The molecule has 0 amide bonds. The molecule has 1 aromatic rings. The molecule has 1 N–H and O–H groups in total. The average Bonchev–Trinajstić information content (AvgIpc) is 2.32. The molecule has 0 fully saturated rings. The van der Waals surface area contributed by atoms with E-state index in [1.807, 2.05) is 12.1 Å². The van der Waals surface area contributed by atoms with Crippen molar-refractivity contribution in [2.24, 2.45) is 0 Å². The fourth-order valence-corrected chi connectivity index (χ4v) is 1.96. The molecule has 0 atom stereocenters. The summed E-state index contributed by atoms with van der Waals surface area (Å²) in [6.07, 6.45) is 5.28. The van der Waals surface area contributed by atoms with Crippen LogP contribution in [0, 0.1) is 0 Å². The van der Waals surface area contributed by atoms with Gasteiger partial charge in [-0.3, -0.25) is 0 Å². The first-order valence-corrected chi connectivity index (χ1v) is 6.14.